The van der Waals surface area contributed by atoms with Crippen molar-refractivity contribution in [1.29, 1.82) is 0 Å². The highest BCUT2D eigenvalue weighted by atomic mass is 35.5. The molecule has 0 unspecified atom stereocenters. The zero-order valence-corrected chi connectivity index (χ0v) is 22.9. The lowest BCUT2D eigenvalue weighted by atomic mass is 9.89. The van der Waals surface area contributed by atoms with Crippen molar-refractivity contribution >= 4 is 29.3 Å². The molecule has 3 aromatic carbocycles. The van der Waals surface area contributed by atoms with Gasteiger partial charge in [-0.05, 0) is 49.6 Å². The SMILES string of the molecule is CCOC(=O)N1c2cc(OC)c(OC)cc2[C@H](N(Cc2ccccc2)C(=O)Cc2ccc(Cl)cc2)C[C@@H]1C. The van der Waals surface area contributed by atoms with Crippen molar-refractivity contribution in [1.82, 2.24) is 4.90 Å². The molecule has 0 saturated carbocycles. The molecule has 0 fully saturated rings. The molecule has 0 bridgehead atoms. The van der Waals surface area contributed by atoms with E-state index >= 15 is 0 Å². The van der Waals surface area contributed by atoms with E-state index in [0.717, 1.165) is 16.7 Å². The number of nitrogens with zero attached hydrogens (tertiary/aromatic N) is 2. The Balaban J connectivity index is 1.81. The van der Waals surface area contributed by atoms with Gasteiger partial charge in [0.1, 0.15) is 0 Å². The molecule has 0 saturated heterocycles. The van der Waals surface area contributed by atoms with E-state index in [9.17, 15) is 9.59 Å². The van der Waals surface area contributed by atoms with Crippen molar-refractivity contribution in [2.75, 3.05) is 25.7 Å². The van der Waals surface area contributed by atoms with E-state index in [4.69, 9.17) is 25.8 Å². The molecule has 0 radical (unpaired) electrons. The van der Waals surface area contributed by atoms with E-state index in [1.54, 1.807) is 44.2 Å². The molecule has 7 nitrogen and oxygen atoms in total. The fourth-order valence-electron chi connectivity index (χ4n) is 4.95. The van der Waals surface area contributed by atoms with Crippen molar-refractivity contribution in [3.05, 3.63) is 88.4 Å². The van der Waals surface area contributed by atoms with Crippen LogP contribution in [-0.4, -0.2) is 43.8 Å². The number of halogens is 1. The predicted molar refractivity (Wildman–Crippen MR) is 148 cm³/mol. The van der Waals surface area contributed by atoms with E-state index < -0.39 is 6.09 Å². The van der Waals surface area contributed by atoms with Gasteiger partial charge in [-0.3, -0.25) is 9.69 Å². The van der Waals surface area contributed by atoms with Crippen LogP contribution in [0.15, 0.2) is 66.7 Å². The standard InChI is InChI=1S/C30H33ClN2O5/c1-5-38-30(35)33-20(2)15-25(24-17-27(36-3)28(37-4)18-26(24)33)32(19-22-9-7-6-8-10-22)29(34)16-21-11-13-23(31)14-12-21/h6-14,17-18,20,25H,5,15-16,19H2,1-4H3/t20-,25+/m0/s1. The maximum atomic E-state index is 13.9. The molecule has 38 heavy (non-hydrogen) atoms. The van der Waals surface area contributed by atoms with Crippen molar-refractivity contribution in [3.8, 4) is 11.5 Å². The van der Waals surface area contributed by atoms with Gasteiger partial charge in [0, 0.05) is 29.2 Å². The Morgan fingerprint density at radius 1 is 0.974 bits per heavy atom. The van der Waals surface area contributed by atoms with Crippen LogP contribution < -0.4 is 14.4 Å². The molecule has 8 heteroatoms. The van der Waals surface area contributed by atoms with E-state index in [0.29, 0.717) is 35.2 Å². The first-order valence-corrected chi connectivity index (χ1v) is 13.0. The van der Waals surface area contributed by atoms with Crippen molar-refractivity contribution < 1.29 is 23.8 Å². The number of methoxy groups -OCH3 is 2. The Bertz CT molecular complexity index is 1270. The number of benzene rings is 3. The Morgan fingerprint density at radius 3 is 2.26 bits per heavy atom. The third-order valence-electron chi connectivity index (χ3n) is 6.78. The molecule has 1 aliphatic rings. The molecule has 3 aromatic rings. The van der Waals surface area contributed by atoms with E-state index in [1.807, 2.05) is 60.4 Å². The molecule has 0 aromatic heterocycles. The first-order valence-electron chi connectivity index (χ1n) is 12.7. The highest BCUT2D eigenvalue weighted by Crippen LogP contribution is 2.46. The number of carbonyl (C=O) groups excluding carboxylic acids is 2. The second-order valence-electron chi connectivity index (χ2n) is 9.25. The third-order valence-corrected chi connectivity index (χ3v) is 7.03. The quantitative estimate of drug-likeness (QED) is 0.332. The Hall–Kier alpha value is -3.71. The fourth-order valence-corrected chi connectivity index (χ4v) is 5.08. The van der Waals surface area contributed by atoms with E-state index in [-0.39, 0.29) is 31.0 Å². The smallest absolute Gasteiger partial charge is 0.414 e. The van der Waals surface area contributed by atoms with Crippen LogP contribution in [0.1, 0.15) is 43.0 Å². The van der Waals surface area contributed by atoms with Gasteiger partial charge in [-0.1, -0.05) is 54.1 Å². The molecule has 1 aliphatic heterocycles. The first-order chi connectivity index (χ1) is 18.4. The van der Waals surface area contributed by atoms with Crippen LogP contribution in [0.4, 0.5) is 10.5 Å². The average Bonchev–Trinajstić information content (AvgIpc) is 2.92. The van der Waals surface area contributed by atoms with Gasteiger partial charge < -0.3 is 19.1 Å². The maximum absolute atomic E-state index is 13.9. The predicted octanol–water partition coefficient (Wildman–Crippen LogP) is 6.42. The summed E-state index contributed by atoms with van der Waals surface area (Å²) in [5, 5.41) is 0.623. The molecule has 2 atom stereocenters. The zero-order chi connectivity index (χ0) is 27.2. The van der Waals surface area contributed by atoms with Crippen LogP contribution in [-0.2, 0) is 22.5 Å². The van der Waals surface area contributed by atoms with Gasteiger partial charge in [0.15, 0.2) is 11.5 Å². The topological polar surface area (TPSA) is 68.3 Å². The van der Waals surface area contributed by atoms with Gasteiger partial charge in [-0.15, -0.1) is 0 Å². The Kier molecular flexibility index (Phi) is 8.79. The molecule has 2 amide bonds. The summed E-state index contributed by atoms with van der Waals surface area (Å²) < 4.78 is 16.6. The van der Waals surface area contributed by atoms with Crippen molar-refractivity contribution in [2.45, 2.75) is 45.3 Å². The minimum atomic E-state index is -0.436. The van der Waals surface area contributed by atoms with E-state index in [2.05, 4.69) is 0 Å². The second-order valence-corrected chi connectivity index (χ2v) is 9.68. The van der Waals surface area contributed by atoms with Crippen LogP contribution in [0.2, 0.25) is 5.02 Å². The van der Waals surface area contributed by atoms with Crippen LogP contribution in [0.3, 0.4) is 0 Å². The van der Waals surface area contributed by atoms with Gasteiger partial charge in [-0.25, -0.2) is 4.79 Å². The minimum Gasteiger partial charge on any atom is -0.493 e. The molecule has 200 valence electrons. The van der Waals surface area contributed by atoms with Gasteiger partial charge in [0.05, 0.1) is 39.0 Å². The van der Waals surface area contributed by atoms with E-state index in [1.165, 1.54) is 0 Å². The Labute approximate surface area is 228 Å². The number of fused-ring (bicyclic) bond motifs is 1. The second kappa shape index (κ2) is 12.2. The highest BCUT2D eigenvalue weighted by molar-refractivity contribution is 6.30. The normalized spacial score (nSPS) is 16.4. The summed E-state index contributed by atoms with van der Waals surface area (Å²) in [6, 6.07) is 20.3. The molecular formula is C30H33ClN2O5. The number of ether oxygens (including phenoxy) is 3. The summed E-state index contributed by atoms with van der Waals surface area (Å²) >= 11 is 6.07. The number of anilines is 1. The zero-order valence-electron chi connectivity index (χ0n) is 22.1. The summed E-state index contributed by atoms with van der Waals surface area (Å²) in [6.45, 7) is 4.42. The Morgan fingerprint density at radius 2 is 1.63 bits per heavy atom. The lowest BCUT2D eigenvalue weighted by molar-refractivity contribution is -0.134. The van der Waals surface area contributed by atoms with Crippen molar-refractivity contribution in [2.24, 2.45) is 0 Å². The number of amides is 2. The molecule has 0 N–H and O–H groups in total. The lowest BCUT2D eigenvalue weighted by Gasteiger charge is -2.43. The van der Waals surface area contributed by atoms with Gasteiger partial charge in [0.25, 0.3) is 0 Å². The maximum Gasteiger partial charge on any atom is 0.414 e. The minimum absolute atomic E-state index is 0.0290. The average molecular weight is 537 g/mol. The largest absolute Gasteiger partial charge is 0.493 e. The van der Waals surface area contributed by atoms with Crippen LogP contribution >= 0.6 is 11.6 Å². The van der Waals surface area contributed by atoms with Crippen molar-refractivity contribution in [3.63, 3.8) is 0 Å². The summed E-state index contributed by atoms with van der Waals surface area (Å²) in [5.74, 6) is 0.994. The number of hydrogen-bond acceptors (Lipinski definition) is 5. The van der Waals surface area contributed by atoms with Crippen LogP contribution in [0, 0.1) is 0 Å². The van der Waals surface area contributed by atoms with Crippen LogP contribution in [0.5, 0.6) is 11.5 Å². The number of rotatable bonds is 8. The third kappa shape index (κ3) is 5.89. The molecule has 4 rings (SSSR count). The van der Waals surface area contributed by atoms with Gasteiger partial charge in [-0.2, -0.15) is 0 Å². The fraction of sp³-hybridized carbons (Fsp3) is 0.333. The number of hydrogen-bond donors (Lipinski definition) is 0. The highest BCUT2D eigenvalue weighted by Gasteiger charge is 2.39. The van der Waals surface area contributed by atoms with Crippen LogP contribution in [0.25, 0.3) is 0 Å². The lowest BCUT2D eigenvalue weighted by Crippen LogP contribution is -2.48. The van der Waals surface area contributed by atoms with Gasteiger partial charge in [0.2, 0.25) is 5.91 Å². The summed E-state index contributed by atoms with van der Waals surface area (Å²) in [7, 11) is 3.13. The molecule has 0 aliphatic carbocycles. The summed E-state index contributed by atoms with van der Waals surface area (Å²) in [5.41, 5.74) is 3.33. The molecule has 0 spiro atoms. The van der Waals surface area contributed by atoms with Gasteiger partial charge >= 0.3 is 6.09 Å². The first kappa shape index (κ1) is 27.3. The molecular weight excluding hydrogens is 504 g/mol. The number of carbonyl (C=O) groups is 2. The monoisotopic (exact) mass is 536 g/mol. The summed E-state index contributed by atoms with van der Waals surface area (Å²) in [4.78, 5) is 30.5. The molecule has 1 heterocycles. The summed E-state index contributed by atoms with van der Waals surface area (Å²) in [6.07, 6.45) is 0.313.